The number of aromatic nitrogens is 4. The van der Waals surface area contributed by atoms with E-state index < -0.39 is 20.7 Å². The molecule has 0 aliphatic carbocycles. The SMILES string of the molecule is O=S(=O)(Nc1cc(-n2ccnc2)ncn1)c1ccccc1F. The normalized spacial score (nSPS) is 11.3. The molecule has 3 rings (SSSR count). The zero-order valence-corrected chi connectivity index (χ0v) is 11.9. The molecule has 112 valence electrons. The number of hydrogen-bond acceptors (Lipinski definition) is 5. The lowest BCUT2D eigenvalue weighted by atomic mass is 10.4. The molecule has 0 saturated heterocycles. The van der Waals surface area contributed by atoms with E-state index in [0.29, 0.717) is 5.82 Å². The molecular formula is C13H10FN5O2S. The number of anilines is 1. The van der Waals surface area contributed by atoms with Gasteiger partial charge >= 0.3 is 0 Å². The monoisotopic (exact) mass is 319 g/mol. The van der Waals surface area contributed by atoms with Gasteiger partial charge in [0.25, 0.3) is 10.0 Å². The molecule has 0 spiro atoms. The Morgan fingerprint density at radius 2 is 2.00 bits per heavy atom. The average molecular weight is 319 g/mol. The summed E-state index contributed by atoms with van der Waals surface area (Å²) in [6, 6.07) is 6.52. The van der Waals surface area contributed by atoms with Crippen molar-refractivity contribution in [3.63, 3.8) is 0 Å². The molecule has 0 amide bonds. The van der Waals surface area contributed by atoms with Gasteiger partial charge in [-0.1, -0.05) is 12.1 Å². The van der Waals surface area contributed by atoms with Crippen LogP contribution in [0.3, 0.4) is 0 Å². The van der Waals surface area contributed by atoms with E-state index in [4.69, 9.17) is 0 Å². The van der Waals surface area contributed by atoms with E-state index in [1.165, 1.54) is 36.9 Å². The molecule has 0 unspecified atom stereocenters. The van der Waals surface area contributed by atoms with Gasteiger partial charge in [-0.3, -0.25) is 9.29 Å². The first-order chi connectivity index (χ1) is 10.6. The van der Waals surface area contributed by atoms with E-state index in [-0.39, 0.29) is 5.82 Å². The van der Waals surface area contributed by atoms with Crippen LogP contribution in [0.1, 0.15) is 0 Å². The number of rotatable bonds is 4. The van der Waals surface area contributed by atoms with Gasteiger partial charge in [0, 0.05) is 18.5 Å². The first-order valence-corrected chi connectivity index (χ1v) is 7.62. The average Bonchev–Trinajstić information content (AvgIpc) is 3.01. The van der Waals surface area contributed by atoms with E-state index in [1.807, 2.05) is 0 Å². The fourth-order valence-corrected chi connectivity index (χ4v) is 2.87. The van der Waals surface area contributed by atoms with Gasteiger partial charge in [-0.15, -0.1) is 0 Å². The Kier molecular flexibility index (Phi) is 3.55. The molecule has 22 heavy (non-hydrogen) atoms. The minimum atomic E-state index is -4.07. The first kappa shape index (κ1) is 14.1. The van der Waals surface area contributed by atoms with Crippen LogP contribution in [-0.4, -0.2) is 27.9 Å². The number of nitrogens with one attached hydrogen (secondary N) is 1. The molecule has 0 atom stereocenters. The Morgan fingerprint density at radius 3 is 2.73 bits per heavy atom. The second kappa shape index (κ2) is 5.53. The Labute approximate surface area is 125 Å². The standard InChI is InChI=1S/C13H10FN5O2S/c14-10-3-1-2-4-11(10)22(20,21)18-12-7-13(17-8-16-12)19-6-5-15-9-19/h1-9H,(H,16,17,18). The summed E-state index contributed by atoms with van der Waals surface area (Å²) in [5, 5.41) is 0. The van der Waals surface area contributed by atoms with Crippen molar-refractivity contribution in [1.29, 1.82) is 0 Å². The second-order valence-electron chi connectivity index (χ2n) is 4.27. The van der Waals surface area contributed by atoms with Crippen molar-refractivity contribution >= 4 is 15.8 Å². The first-order valence-electron chi connectivity index (χ1n) is 6.14. The lowest BCUT2D eigenvalue weighted by Gasteiger charge is -2.09. The molecule has 9 heteroatoms. The van der Waals surface area contributed by atoms with Crippen molar-refractivity contribution in [2.75, 3.05) is 4.72 Å². The summed E-state index contributed by atoms with van der Waals surface area (Å²) >= 11 is 0. The van der Waals surface area contributed by atoms with E-state index in [1.54, 1.807) is 17.0 Å². The minimum absolute atomic E-state index is 0.0296. The van der Waals surface area contributed by atoms with Crippen molar-refractivity contribution in [2.24, 2.45) is 0 Å². The summed E-state index contributed by atoms with van der Waals surface area (Å²) in [7, 11) is -4.07. The number of imidazole rings is 1. The van der Waals surface area contributed by atoms with Crippen molar-refractivity contribution < 1.29 is 12.8 Å². The van der Waals surface area contributed by atoms with Crippen molar-refractivity contribution in [2.45, 2.75) is 4.90 Å². The Balaban J connectivity index is 1.93. The Morgan fingerprint density at radius 1 is 1.18 bits per heavy atom. The molecular weight excluding hydrogens is 309 g/mol. The number of halogens is 1. The summed E-state index contributed by atoms with van der Waals surface area (Å²) in [6.07, 6.45) is 5.93. The maximum atomic E-state index is 13.6. The summed E-state index contributed by atoms with van der Waals surface area (Å²) in [5.41, 5.74) is 0. The third kappa shape index (κ3) is 2.79. The van der Waals surface area contributed by atoms with Crippen molar-refractivity contribution in [1.82, 2.24) is 19.5 Å². The van der Waals surface area contributed by atoms with Crippen LogP contribution in [0.25, 0.3) is 5.82 Å². The van der Waals surface area contributed by atoms with Crippen LogP contribution < -0.4 is 4.72 Å². The third-order valence-electron chi connectivity index (χ3n) is 2.79. The molecule has 0 fully saturated rings. The van der Waals surface area contributed by atoms with Crippen LogP contribution in [-0.2, 0) is 10.0 Å². The maximum absolute atomic E-state index is 13.6. The highest BCUT2D eigenvalue weighted by atomic mass is 32.2. The van der Waals surface area contributed by atoms with Gasteiger partial charge in [0.2, 0.25) is 0 Å². The highest BCUT2D eigenvalue weighted by Gasteiger charge is 2.19. The van der Waals surface area contributed by atoms with Gasteiger partial charge in [0.1, 0.15) is 35.0 Å². The molecule has 0 aliphatic heterocycles. The number of benzene rings is 1. The van der Waals surface area contributed by atoms with Crippen molar-refractivity contribution in [3.05, 3.63) is 61.2 Å². The topological polar surface area (TPSA) is 89.8 Å². The van der Waals surface area contributed by atoms with Gasteiger partial charge in [-0.2, -0.15) is 0 Å². The molecule has 0 radical (unpaired) electrons. The summed E-state index contributed by atoms with van der Waals surface area (Å²) in [6.45, 7) is 0. The molecule has 0 saturated carbocycles. The molecule has 2 aromatic heterocycles. The van der Waals surface area contributed by atoms with Crippen molar-refractivity contribution in [3.8, 4) is 5.82 Å². The maximum Gasteiger partial charge on any atom is 0.265 e. The molecule has 2 heterocycles. The smallest absolute Gasteiger partial charge is 0.265 e. The second-order valence-corrected chi connectivity index (χ2v) is 5.92. The van der Waals surface area contributed by atoms with Gasteiger partial charge in [0.05, 0.1) is 0 Å². The van der Waals surface area contributed by atoms with Crippen LogP contribution in [0.15, 0.2) is 60.3 Å². The van der Waals surface area contributed by atoms with Gasteiger partial charge < -0.3 is 0 Å². The Hall–Kier alpha value is -2.81. The van der Waals surface area contributed by atoms with Crippen LogP contribution >= 0.6 is 0 Å². The number of hydrogen-bond donors (Lipinski definition) is 1. The van der Waals surface area contributed by atoms with Gasteiger partial charge in [-0.05, 0) is 12.1 Å². The molecule has 1 N–H and O–H groups in total. The minimum Gasteiger partial charge on any atom is -0.290 e. The lowest BCUT2D eigenvalue weighted by molar-refractivity contribution is 0.570. The van der Waals surface area contributed by atoms with Crippen LogP contribution in [0.4, 0.5) is 10.2 Å². The highest BCUT2D eigenvalue weighted by Crippen LogP contribution is 2.18. The van der Waals surface area contributed by atoms with Gasteiger partial charge in [-0.25, -0.2) is 27.8 Å². The fraction of sp³-hybridized carbons (Fsp3) is 0. The van der Waals surface area contributed by atoms with E-state index in [0.717, 1.165) is 6.07 Å². The quantitative estimate of drug-likeness (QED) is 0.789. The molecule has 3 aromatic rings. The Bertz CT molecular complexity index is 896. The molecule has 0 bridgehead atoms. The zero-order chi connectivity index (χ0) is 15.6. The highest BCUT2D eigenvalue weighted by molar-refractivity contribution is 7.92. The summed E-state index contributed by atoms with van der Waals surface area (Å²) < 4.78 is 41.8. The summed E-state index contributed by atoms with van der Waals surface area (Å²) in [4.78, 5) is 11.3. The van der Waals surface area contributed by atoms with E-state index >= 15 is 0 Å². The predicted octanol–water partition coefficient (Wildman–Crippen LogP) is 1.60. The van der Waals surface area contributed by atoms with Crippen LogP contribution in [0.2, 0.25) is 0 Å². The third-order valence-corrected chi connectivity index (χ3v) is 4.17. The number of sulfonamides is 1. The zero-order valence-electron chi connectivity index (χ0n) is 11.1. The molecule has 7 nitrogen and oxygen atoms in total. The van der Waals surface area contributed by atoms with Crippen LogP contribution in [0, 0.1) is 5.82 Å². The van der Waals surface area contributed by atoms with Gasteiger partial charge in [0.15, 0.2) is 0 Å². The molecule has 1 aromatic carbocycles. The molecule has 0 aliphatic rings. The van der Waals surface area contributed by atoms with E-state index in [2.05, 4.69) is 19.7 Å². The van der Waals surface area contributed by atoms with E-state index in [9.17, 15) is 12.8 Å². The fourth-order valence-electron chi connectivity index (χ4n) is 1.79. The number of nitrogens with zero attached hydrogens (tertiary/aromatic N) is 4. The van der Waals surface area contributed by atoms with Crippen LogP contribution in [0.5, 0.6) is 0 Å². The predicted molar refractivity (Wildman–Crippen MR) is 76.4 cm³/mol. The lowest BCUT2D eigenvalue weighted by Crippen LogP contribution is -2.15. The largest absolute Gasteiger partial charge is 0.290 e. The summed E-state index contributed by atoms with van der Waals surface area (Å²) in [5.74, 6) is -0.375.